The Kier molecular flexibility index (Phi) is 5.23. The molecular weight excluding hydrogens is 263 g/mol. The van der Waals surface area contributed by atoms with Crippen LogP contribution in [0.1, 0.15) is 10.4 Å². The molecule has 2 aromatic rings. The van der Waals surface area contributed by atoms with Crippen molar-refractivity contribution in [3.63, 3.8) is 0 Å². The van der Waals surface area contributed by atoms with Gasteiger partial charge in [-0.3, -0.25) is 0 Å². The molecule has 5 heteroatoms. The molecule has 2 rings (SSSR count). The summed E-state index contributed by atoms with van der Waals surface area (Å²) in [5, 5.41) is 20.9. The van der Waals surface area contributed by atoms with Gasteiger partial charge in [-0.25, -0.2) is 0 Å². The van der Waals surface area contributed by atoms with E-state index in [1.165, 1.54) is 18.2 Å². The second kappa shape index (κ2) is 6.25. The number of carboxylic acid groups (broad SMARTS) is 1. The number of hydrogen-bond acceptors (Lipinski definition) is 3. The predicted octanol–water partition coefficient (Wildman–Crippen LogP) is -0.920. The summed E-state index contributed by atoms with van der Waals surface area (Å²) in [6.45, 7) is 0. The van der Waals surface area contributed by atoms with Gasteiger partial charge in [0.15, 0.2) is 0 Å². The number of carboxylic acids is 1. The number of benzene rings is 2. The van der Waals surface area contributed by atoms with Crippen LogP contribution >= 0.6 is 11.6 Å². The van der Waals surface area contributed by atoms with E-state index in [0.717, 1.165) is 0 Å². The molecule has 0 unspecified atom stereocenters. The van der Waals surface area contributed by atoms with Crippen LogP contribution in [0, 0.1) is 0 Å². The number of carbonyl (C=O) groups excluding carboxylic acids is 1. The van der Waals surface area contributed by atoms with Crippen LogP contribution in [-0.4, -0.2) is 11.1 Å². The molecule has 0 aromatic heterocycles. The van der Waals surface area contributed by atoms with Crippen LogP contribution in [0.3, 0.4) is 0 Å². The molecule has 86 valence electrons. The molecule has 0 aliphatic rings. The summed E-state index contributed by atoms with van der Waals surface area (Å²) in [7, 11) is 0. The summed E-state index contributed by atoms with van der Waals surface area (Å²) in [4.78, 5) is 10.7. The molecule has 0 radical (unpaired) electrons. The molecule has 0 bridgehead atoms. The summed E-state index contributed by atoms with van der Waals surface area (Å²) in [6, 6.07) is 10.7. The van der Waals surface area contributed by atoms with Gasteiger partial charge in [-0.15, -0.1) is 0 Å². The van der Waals surface area contributed by atoms with Gasteiger partial charge in [-0.2, -0.15) is 0 Å². The molecule has 3 nitrogen and oxygen atoms in total. The molecule has 0 heterocycles. The SMILES string of the molecule is O=C([O-])c1cccc(-c2cc(Cl)ccc2O)c1.[Na+]. The third kappa shape index (κ3) is 3.27. The van der Waals surface area contributed by atoms with Gasteiger partial charge in [0.1, 0.15) is 5.75 Å². The zero-order valence-corrected chi connectivity index (χ0v) is 12.4. The minimum Gasteiger partial charge on any atom is -0.545 e. The second-order valence-corrected chi connectivity index (χ2v) is 3.97. The molecule has 18 heavy (non-hydrogen) atoms. The third-order valence-corrected chi connectivity index (χ3v) is 2.60. The van der Waals surface area contributed by atoms with E-state index in [-0.39, 0.29) is 40.9 Å². The van der Waals surface area contributed by atoms with Gasteiger partial charge in [0.25, 0.3) is 0 Å². The van der Waals surface area contributed by atoms with Crippen LogP contribution in [-0.2, 0) is 0 Å². The molecule has 0 aliphatic heterocycles. The Morgan fingerprint density at radius 3 is 2.56 bits per heavy atom. The molecule has 0 aliphatic carbocycles. The van der Waals surface area contributed by atoms with E-state index < -0.39 is 5.97 Å². The van der Waals surface area contributed by atoms with Gasteiger partial charge >= 0.3 is 29.6 Å². The largest absolute Gasteiger partial charge is 1.00 e. The van der Waals surface area contributed by atoms with Gasteiger partial charge in [0, 0.05) is 10.6 Å². The number of aromatic hydroxyl groups is 1. The number of phenols is 1. The maximum Gasteiger partial charge on any atom is 1.00 e. The van der Waals surface area contributed by atoms with Crippen molar-refractivity contribution in [2.24, 2.45) is 0 Å². The number of halogens is 1. The van der Waals surface area contributed by atoms with Crippen molar-refractivity contribution < 1.29 is 44.6 Å². The maximum atomic E-state index is 10.7. The quantitative estimate of drug-likeness (QED) is 0.718. The number of phenolic OH excluding ortho intramolecular Hbond substituents is 1. The fourth-order valence-electron chi connectivity index (χ4n) is 1.55. The van der Waals surface area contributed by atoms with E-state index in [2.05, 4.69) is 0 Å². The van der Waals surface area contributed by atoms with Crippen LogP contribution in [0.2, 0.25) is 5.02 Å². The van der Waals surface area contributed by atoms with Crippen LogP contribution in [0.15, 0.2) is 42.5 Å². The van der Waals surface area contributed by atoms with E-state index >= 15 is 0 Å². The van der Waals surface area contributed by atoms with Gasteiger partial charge in [-0.1, -0.05) is 29.8 Å². The fourth-order valence-corrected chi connectivity index (χ4v) is 1.73. The number of hydrogen-bond donors (Lipinski definition) is 1. The first-order valence-corrected chi connectivity index (χ1v) is 5.26. The Hall–Kier alpha value is -1.000. The number of carbonyl (C=O) groups is 1. The standard InChI is InChI=1S/C13H9ClO3.Na/c14-10-4-5-12(15)11(7-10)8-2-1-3-9(6-8)13(16)17;/h1-7,15H,(H,16,17);/q;+1/p-1. The normalized spacial score (nSPS) is 9.61. The summed E-state index contributed by atoms with van der Waals surface area (Å²) in [5.41, 5.74) is 1.12. The van der Waals surface area contributed by atoms with E-state index in [0.29, 0.717) is 16.1 Å². The third-order valence-electron chi connectivity index (χ3n) is 2.37. The average Bonchev–Trinajstić information content (AvgIpc) is 2.32. The van der Waals surface area contributed by atoms with Gasteiger partial charge < -0.3 is 15.0 Å². The Labute approximate surface area is 131 Å². The molecule has 0 atom stereocenters. The first kappa shape index (κ1) is 15.1. The summed E-state index contributed by atoms with van der Waals surface area (Å²) in [5.74, 6) is -1.21. The Bertz CT molecular complexity index is 584. The van der Waals surface area contributed by atoms with E-state index in [4.69, 9.17) is 11.6 Å². The zero-order valence-electron chi connectivity index (χ0n) is 9.68. The van der Waals surface area contributed by atoms with Gasteiger partial charge in [0.2, 0.25) is 0 Å². The van der Waals surface area contributed by atoms with E-state index in [1.807, 2.05) is 0 Å². The smallest absolute Gasteiger partial charge is 0.545 e. The van der Waals surface area contributed by atoms with Gasteiger partial charge in [0.05, 0.1) is 5.97 Å². The van der Waals surface area contributed by atoms with Crippen molar-refractivity contribution in [2.75, 3.05) is 0 Å². The molecule has 1 N–H and O–H groups in total. The minimum absolute atomic E-state index is 0. The van der Waals surface area contributed by atoms with Crippen molar-refractivity contribution >= 4 is 17.6 Å². The topological polar surface area (TPSA) is 60.4 Å². The predicted molar refractivity (Wildman–Crippen MR) is 62.9 cm³/mol. The Morgan fingerprint density at radius 1 is 1.17 bits per heavy atom. The first-order chi connectivity index (χ1) is 8.08. The first-order valence-electron chi connectivity index (χ1n) is 4.88. The molecule has 0 fully saturated rings. The Balaban J connectivity index is 0.00000162. The molecule has 0 saturated heterocycles. The van der Waals surface area contributed by atoms with E-state index in [9.17, 15) is 15.0 Å². The summed E-state index contributed by atoms with van der Waals surface area (Å²) >= 11 is 5.83. The molecule has 0 amide bonds. The van der Waals surface area contributed by atoms with E-state index in [1.54, 1.807) is 24.3 Å². The monoisotopic (exact) mass is 270 g/mol. The molecular formula is C13H8ClNaO3. The second-order valence-electron chi connectivity index (χ2n) is 3.53. The van der Waals surface area contributed by atoms with Crippen LogP contribution in [0.5, 0.6) is 5.75 Å². The molecule has 0 saturated carbocycles. The zero-order chi connectivity index (χ0) is 12.4. The van der Waals surface area contributed by atoms with Gasteiger partial charge in [-0.05, 0) is 35.4 Å². The number of aromatic carboxylic acids is 1. The summed E-state index contributed by atoms with van der Waals surface area (Å²) in [6.07, 6.45) is 0. The van der Waals surface area contributed by atoms with Crippen LogP contribution in [0.25, 0.3) is 11.1 Å². The average molecular weight is 271 g/mol. The minimum atomic E-state index is -1.26. The molecule has 2 aromatic carbocycles. The fraction of sp³-hybridized carbons (Fsp3) is 0. The summed E-state index contributed by atoms with van der Waals surface area (Å²) < 4.78 is 0. The van der Waals surface area contributed by atoms with Crippen molar-refractivity contribution in [1.82, 2.24) is 0 Å². The Morgan fingerprint density at radius 2 is 1.89 bits per heavy atom. The maximum absolute atomic E-state index is 10.7. The number of rotatable bonds is 2. The van der Waals surface area contributed by atoms with Crippen molar-refractivity contribution in [3.8, 4) is 16.9 Å². The van der Waals surface area contributed by atoms with Crippen LogP contribution < -0.4 is 34.7 Å². The molecule has 0 spiro atoms. The van der Waals surface area contributed by atoms with Crippen molar-refractivity contribution in [3.05, 3.63) is 53.1 Å². The van der Waals surface area contributed by atoms with Crippen LogP contribution in [0.4, 0.5) is 0 Å². The van der Waals surface area contributed by atoms with Crippen molar-refractivity contribution in [1.29, 1.82) is 0 Å². The van der Waals surface area contributed by atoms with Crippen molar-refractivity contribution in [2.45, 2.75) is 0 Å².